The van der Waals surface area contributed by atoms with Crippen molar-refractivity contribution in [2.75, 3.05) is 20.1 Å². The van der Waals surface area contributed by atoms with E-state index in [-0.39, 0.29) is 12.0 Å². The van der Waals surface area contributed by atoms with Gasteiger partial charge < -0.3 is 20.7 Å². The highest BCUT2D eigenvalue weighted by Crippen LogP contribution is 2.16. The van der Waals surface area contributed by atoms with Crippen molar-refractivity contribution in [2.45, 2.75) is 26.5 Å². The van der Waals surface area contributed by atoms with E-state index < -0.39 is 0 Å². The molecule has 0 aliphatic rings. The Kier molecular flexibility index (Phi) is 8.62. The molecule has 0 bridgehead atoms. The summed E-state index contributed by atoms with van der Waals surface area (Å²) in [7, 11) is 1.62. The largest absolute Gasteiger partial charge is 0.489 e. The van der Waals surface area contributed by atoms with Gasteiger partial charge in [-0.15, -0.1) is 0 Å². The molecule has 0 fully saturated rings. The van der Waals surface area contributed by atoms with Gasteiger partial charge in [0.25, 0.3) is 5.91 Å². The van der Waals surface area contributed by atoms with Crippen molar-refractivity contribution < 1.29 is 9.53 Å². The van der Waals surface area contributed by atoms with Crippen molar-refractivity contribution in [3.05, 3.63) is 64.7 Å². The first kappa shape index (κ1) is 21.6. The summed E-state index contributed by atoms with van der Waals surface area (Å²) in [5.41, 5.74) is 1.59. The average Bonchev–Trinajstić information content (AvgIpc) is 2.71. The van der Waals surface area contributed by atoms with E-state index in [4.69, 9.17) is 16.3 Å². The molecule has 6 nitrogen and oxygen atoms in total. The quantitative estimate of drug-likeness (QED) is 0.468. The molecule has 0 heterocycles. The molecule has 2 aromatic rings. The summed E-state index contributed by atoms with van der Waals surface area (Å²) < 4.78 is 5.87. The van der Waals surface area contributed by atoms with Gasteiger partial charge in [0.05, 0.1) is 13.1 Å². The molecule has 1 unspecified atom stereocenters. The Hall–Kier alpha value is -2.73. The monoisotopic (exact) mass is 402 g/mol. The Morgan fingerprint density at radius 3 is 2.61 bits per heavy atom. The lowest BCUT2D eigenvalue weighted by Gasteiger charge is -2.17. The van der Waals surface area contributed by atoms with Crippen molar-refractivity contribution in [2.24, 2.45) is 4.99 Å². The van der Waals surface area contributed by atoms with E-state index in [1.54, 1.807) is 25.2 Å². The zero-order valence-corrected chi connectivity index (χ0v) is 17.2. The molecule has 0 aromatic heterocycles. The second kappa shape index (κ2) is 11.2. The molecule has 3 N–H and O–H groups in total. The summed E-state index contributed by atoms with van der Waals surface area (Å²) in [6, 6.07) is 14.7. The lowest BCUT2D eigenvalue weighted by molar-refractivity contribution is 0.0963. The minimum Gasteiger partial charge on any atom is -0.489 e. The molecule has 0 aliphatic carbocycles. The number of rotatable bonds is 8. The molecule has 7 heteroatoms. The molecular formula is C21H27ClN4O2. The fourth-order valence-electron chi connectivity index (χ4n) is 2.49. The third-order valence-corrected chi connectivity index (χ3v) is 4.14. The standard InChI is InChI=1S/C21H27ClN4O2/c1-4-24-21(25-13-15(2)28-19-10-8-18(22)9-11-19)26-14-16-6-5-7-17(12-16)20(27)23-3/h5-12,15H,4,13-14H2,1-3H3,(H,23,27)(H2,24,25,26). The third kappa shape index (κ3) is 7.12. The van der Waals surface area contributed by atoms with Crippen molar-refractivity contribution >= 4 is 23.5 Å². The minimum absolute atomic E-state index is 0.0541. The Bertz CT molecular complexity index is 793. The summed E-state index contributed by atoms with van der Waals surface area (Å²) in [6.07, 6.45) is -0.0541. The van der Waals surface area contributed by atoms with Crippen molar-refractivity contribution in [3.8, 4) is 5.75 Å². The van der Waals surface area contributed by atoms with Gasteiger partial charge in [-0.05, 0) is 55.8 Å². The van der Waals surface area contributed by atoms with E-state index in [0.717, 1.165) is 17.9 Å². The topological polar surface area (TPSA) is 74.8 Å². The normalized spacial score (nSPS) is 12.2. The van der Waals surface area contributed by atoms with E-state index in [0.29, 0.717) is 29.6 Å². The summed E-state index contributed by atoms with van der Waals surface area (Å²) in [5.74, 6) is 1.36. The molecule has 28 heavy (non-hydrogen) atoms. The van der Waals surface area contributed by atoms with E-state index in [2.05, 4.69) is 20.9 Å². The number of carbonyl (C=O) groups is 1. The smallest absolute Gasteiger partial charge is 0.251 e. The first-order valence-corrected chi connectivity index (χ1v) is 9.65. The zero-order valence-electron chi connectivity index (χ0n) is 16.5. The van der Waals surface area contributed by atoms with Crippen LogP contribution in [0.1, 0.15) is 29.8 Å². The van der Waals surface area contributed by atoms with Gasteiger partial charge in [0, 0.05) is 24.2 Å². The van der Waals surface area contributed by atoms with Crippen molar-refractivity contribution in [1.29, 1.82) is 0 Å². The number of ether oxygens (including phenoxy) is 1. The number of halogens is 1. The van der Waals surface area contributed by atoms with E-state index in [1.807, 2.05) is 44.2 Å². The highest BCUT2D eigenvalue weighted by molar-refractivity contribution is 6.30. The van der Waals surface area contributed by atoms with Crippen LogP contribution in [0.4, 0.5) is 0 Å². The predicted octanol–water partition coefficient (Wildman–Crippen LogP) is 3.22. The van der Waals surface area contributed by atoms with Crippen LogP contribution < -0.4 is 20.7 Å². The Morgan fingerprint density at radius 1 is 1.18 bits per heavy atom. The lowest BCUT2D eigenvalue weighted by Crippen LogP contribution is -2.41. The third-order valence-electron chi connectivity index (χ3n) is 3.89. The average molecular weight is 403 g/mol. The molecule has 0 saturated heterocycles. The Morgan fingerprint density at radius 2 is 1.93 bits per heavy atom. The molecule has 1 atom stereocenters. The molecule has 2 rings (SSSR count). The van der Waals surface area contributed by atoms with E-state index in [9.17, 15) is 4.79 Å². The van der Waals surface area contributed by atoms with Crippen LogP contribution in [-0.4, -0.2) is 38.1 Å². The molecule has 0 radical (unpaired) electrons. The van der Waals surface area contributed by atoms with Gasteiger partial charge in [0.15, 0.2) is 5.96 Å². The van der Waals surface area contributed by atoms with Crippen LogP contribution in [0.5, 0.6) is 5.75 Å². The maximum Gasteiger partial charge on any atom is 0.251 e. The first-order valence-electron chi connectivity index (χ1n) is 9.27. The molecule has 0 spiro atoms. The van der Waals surface area contributed by atoms with Crippen LogP contribution in [0.3, 0.4) is 0 Å². The van der Waals surface area contributed by atoms with Gasteiger partial charge in [-0.25, -0.2) is 4.99 Å². The number of nitrogens with one attached hydrogen (secondary N) is 3. The number of aliphatic imine (C=N–C) groups is 1. The predicted molar refractivity (Wildman–Crippen MR) is 114 cm³/mol. The van der Waals surface area contributed by atoms with Crippen LogP contribution in [0.25, 0.3) is 0 Å². The number of nitrogens with zero attached hydrogens (tertiary/aromatic N) is 1. The maximum absolute atomic E-state index is 11.8. The molecule has 150 valence electrons. The summed E-state index contributed by atoms with van der Waals surface area (Å²) in [5, 5.41) is 9.80. The summed E-state index contributed by atoms with van der Waals surface area (Å²) in [6.45, 7) is 5.80. The summed E-state index contributed by atoms with van der Waals surface area (Å²) >= 11 is 5.89. The molecule has 2 aromatic carbocycles. The summed E-state index contributed by atoms with van der Waals surface area (Å²) in [4.78, 5) is 16.3. The second-order valence-corrected chi connectivity index (χ2v) is 6.67. The second-order valence-electron chi connectivity index (χ2n) is 6.24. The number of hydrogen-bond acceptors (Lipinski definition) is 3. The van der Waals surface area contributed by atoms with Crippen molar-refractivity contribution in [1.82, 2.24) is 16.0 Å². The van der Waals surface area contributed by atoms with Gasteiger partial charge in [-0.1, -0.05) is 23.7 Å². The zero-order chi connectivity index (χ0) is 20.4. The van der Waals surface area contributed by atoms with Crippen LogP contribution in [-0.2, 0) is 6.54 Å². The Labute approximate surface area is 171 Å². The number of carbonyl (C=O) groups excluding carboxylic acids is 1. The fourth-order valence-corrected chi connectivity index (χ4v) is 2.62. The molecule has 1 amide bonds. The maximum atomic E-state index is 11.8. The number of amides is 1. The highest BCUT2D eigenvalue weighted by atomic mass is 35.5. The SMILES string of the molecule is CCNC(=NCc1cccc(C(=O)NC)c1)NCC(C)Oc1ccc(Cl)cc1. The van der Waals surface area contributed by atoms with Crippen LogP contribution in [0, 0.1) is 0 Å². The molecule has 0 aliphatic heterocycles. The van der Waals surface area contributed by atoms with Gasteiger partial charge in [-0.2, -0.15) is 0 Å². The highest BCUT2D eigenvalue weighted by Gasteiger charge is 2.07. The van der Waals surface area contributed by atoms with Crippen LogP contribution in [0.2, 0.25) is 5.02 Å². The van der Waals surface area contributed by atoms with Crippen LogP contribution >= 0.6 is 11.6 Å². The van der Waals surface area contributed by atoms with Gasteiger partial charge in [0.2, 0.25) is 0 Å². The molecule has 0 saturated carbocycles. The van der Waals surface area contributed by atoms with E-state index >= 15 is 0 Å². The van der Waals surface area contributed by atoms with Crippen molar-refractivity contribution in [3.63, 3.8) is 0 Å². The lowest BCUT2D eigenvalue weighted by atomic mass is 10.1. The number of benzene rings is 2. The number of guanidine groups is 1. The fraction of sp³-hybridized carbons (Fsp3) is 0.333. The Balaban J connectivity index is 1.92. The minimum atomic E-state index is -0.107. The number of hydrogen-bond donors (Lipinski definition) is 3. The van der Waals surface area contributed by atoms with Gasteiger partial charge in [-0.3, -0.25) is 4.79 Å². The van der Waals surface area contributed by atoms with E-state index in [1.165, 1.54) is 0 Å². The van der Waals surface area contributed by atoms with Crippen LogP contribution in [0.15, 0.2) is 53.5 Å². The molecular weight excluding hydrogens is 376 g/mol. The van der Waals surface area contributed by atoms with Gasteiger partial charge >= 0.3 is 0 Å². The van der Waals surface area contributed by atoms with Gasteiger partial charge in [0.1, 0.15) is 11.9 Å². The first-order chi connectivity index (χ1) is 13.5.